The van der Waals surface area contributed by atoms with Crippen LogP contribution in [-0.4, -0.2) is 62.0 Å². The van der Waals surface area contributed by atoms with Crippen LogP contribution in [0.2, 0.25) is 0 Å². The zero-order valence-corrected chi connectivity index (χ0v) is 25.3. The largest absolute Gasteiger partial charge is 0.456 e. The van der Waals surface area contributed by atoms with Gasteiger partial charge in [0.15, 0.2) is 11.6 Å². The second-order valence-corrected chi connectivity index (χ2v) is 14.8. The van der Waals surface area contributed by atoms with Crippen molar-refractivity contribution < 1.29 is 39.2 Å². The Kier molecular flexibility index (Phi) is 7.06. The van der Waals surface area contributed by atoms with Gasteiger partial charge < -0.3 is 20.1 Å². The van der Waals surface area contributed by atoms with E-state index in [0.717, 1.165) is 5.57 Å². The number of fused-ring (bicyclic) bond motifs is 5. The molecule has 8 nitrogen and oxygen atoms in total. The first-order chi connectivity index (χ1) is 18.1. The first-order valence-electron chi connectivity index (χ1n) is 14.4. The maximum atomic E-state index is 14.3. The van der Waals surface area contributed by atoms with Crippen molar-refractivity contribution in [2.24, 2.45) is 39.4 Å². The standard InChI is InChI=1S/C32H46O8/c1-17(33)40-27(2,3)13-12-23(36)32(9,39)25-21(35)15-29(6)22-11-10-18-19(14-20(34)26(38)28(18,4)5)31(22,8)24(37)16-30(25,29)7/h10,12-13,19,21-22,25-26,35,38-39H,11,14-16H2,1-9H3/t19-,21+,22+,25+,26?,29+,30-,31+,32?/m1/s1. The molecule has 0 spiro atoms. The summed E-state index contributed by atoms with van der Waals surface area (Å²) in [6, 6.07) is 0. The minimum absolute atomic E-state index is 0.0399. The molecule has 0 aromatic heterocycles. The smallest absolute Gasteiger partial charge is 0.303 e. The average molecular weight is 559 g/mol. The minimum atomic E-state index is -1.99. The summed E-state index contributed by atoms with van der Waals surface area (Å²) in [4.78, 5) is 52.1. The number of ketones is 3. The lowest BCUT2D eigenvalue weighted by atomic mass is 9.38. The Labute approximate surface area is 237 Å². The van der Waals surface area contributed by atoms with Crippen molar-refractivity contribution in [3.05, 3.63) is 23.8 Å². The molecule has 3 N–H and O–H groups in total. The van der Waals surface area contributed by atoms with Gasteiger partial charge in [0, 0.05) is 36.5 Å². The van der Waals surface area contributed by atoms with E-state index in [1.165, 1.54) is 26.0 Å². The molecule has 3 fully saturated rings. The number of aliphatic hydroxyl groups is 3. The maximum Gasteiger partial charge on any atom is 0.303 e. The Balaban J connectivity index is 1.75. The second kappa shape index (κ2) is 9.17. The fraction of sp³-hybridized carbons (Fsp3) is 0.750. The molecular weight excluding hydrogens is 512 g/mol. The molecule has 4 rings (SSSR count). The van der Waals surface area contributed by atoms with E-state index in [4.69, 9.17) is 4.74 Å². The Morgan fingerprint density at radius 2 is 1.65 bits per heavy atom. The molecule has 4 aliphatic carbocycles. The molecule has 0 aliphatic heterocycles. The summed E-state index contributed by atoms with van der Waals surface area (Å²) >= 11 is 0. The van der Waals surface area contributed by atoms with E-state index in [9.17, 15) is 34.5 Å². The highest BCUT2D eigenvalue weighted by atomic mass is 16.6. The number of carbonyl (C=O) groups excluding carboxylic acids is 4. The van der Waals surface area contributed by atoms with Crippen molar-refractivity contribution in [2.75, 3.05) is 0 Å². The highest BCUT2D eigenvalue weighted by Crippen LogP contribution is 2.74. The molecule has 0 heterocycles. The van der Waals surface area contributed by atoms with E-state index < -0.39 is 62.7 Å². The fourth-order valence-corrected chi connectivity index (χ4v) is 9.35. The third-order valence-corrected chi connectivity index (χ3v) is 11.6. The van der Waals surface area contributed by atoms with Crippen molar-refractivity contribution in [3.63, 3.8) is 0 Å². The number of Topliss-reactive ketones (excluding diaryl/α,β-unsaturated/α-hetero) is 2. The van der Waals surface area contributed by atoms with Crippen LogP contribution >= 0.6 is 0 Å². The first kappa shape index (κ1) is 30.8. The van der Waals surface area contributed by atoms with Crippen LogP contribution in [0.15, 0.2) is 23.8 Å². The van der Waals surface area contributed by atoms with Crippen LogP contribution in [0, 0.1) is 39.4 Å². The topological polar surface area (TPSA) is 138 Å². The molecular formula is C32H46O8. The summed E-state index contributed by atoms with van der Waals surface area (Å²) in [6.07, 6.45) is 3.50. The predicted molar refractivity (Wildman–Crippen MR) is 148 cm³/mol. The molecule has 0 amide bonds. The molecule has 40 heavy (non-hydrogen) atoms. The van der Waals surface area contributed by atoms with Gasteiger partial charge in [-0.3, -0.25) is 19.2 Å². The zero-order chi connectivity index (χ0) is 30.4. The van der Waals surface area contributed by atoms with Gasteiger partial charge in [-0.2, -0.15) is 0 Å². The number of ether oxygens (including phenoxy) is 1. The molecule has 0 aromatic rings. The summed E-state index contributed by atoms with van der Waals surface area (Å²) in [6.45, 7) is 15.5. The molecule has 0 saturated heterocycles. The molecule has 0 radical (unpaired) electrons. The summed E-state index contributed by atoms with van der Waals surface area (Å²) in [5.41, 5.74) is -5.33. The third kappa shape index (κ3) is 4.11. The van der Waals surface area contributed by atoms with Crippen molar-refractivity contribution in [1.82, 2.24) is 0 Å². The highest BCUT2D eigenvalue weighted by Gasteiger charge is 2.74. The lowest BCUT2D eigenvalue weighted by molar-refractivity contribution is -0.183. The molecule has 222 valence electrons. The number of hydrogen-bond acceptors (Lipinski definition) is 8. The van der Waals surface area contributed by atoms with Gasteiger partial charge in [0.25, 0.3) is 0 Å². The highest BCUT2D eigenvalue weighted by molar-refractivity contribution is 5.97. The van der Waals surface area contributed by atoms with Crippen molar-refractivity contribution >= 4 is 23.3 Å². The van der Waals surface area contributed by atoms with Crippen LogP contribution in [0.4, 0.5) is 0 Å². The number of aliphatic hydroxyl groups excluding tert-OH is 2. The van der Waals surface area contributed by atoms with Crippen molar-refractivity contribution in [3.8, 4) is 0 Å². The molecule has 9 atom stereocenters. The number of allylic oxidation sites excluding steroid dienone is 1. The fourth-order valence-electron chi connectivity index (χ4n) is 9.35. The lowest BCUT2D eigenvalue weighted by Crippen LogP contribution is -2.65. The molecule has 4 aliphatic rings. The first-order valence-corrected chi connectivity index (χ1v) is 14.4. The van der Waals surface area contributed by atoms with E-state index in [2.05, 4.69) is 13.0 Å². The second-order valence-electron chi connectivity index (χ2n) is 14.8. The Bertz CT molecular complexity index is 1210. The predicted octanol–water partition coefficient (Wildman–Crippen LogP) is 3.50. The van der Waals surface area contributed by atoms with Gasteiger partial charge in [-0.05, 0) is 68.4 Å². The van der Waals surface area contributed by atoms with Gasteiger partial charge >= 0.3 is 5.97 Å². The summed E-state index contributed by atoms with van der Waals surface area (Å²) in [5, 5.41) is 33.9. The van der Waals surface area contributed by atoms with E-state index in [1.807, 2.05) is 27.7 Å². The molecule has 0 bridgehead atoms. The van der Waals surface area contributed by atoms with Crippen molar-refractivity contribution in [2.45, 2.75) is 111 Å². The average Bonchev–Trinajstić information content (AvgIpc) is 3.01. The molecule has 3 saturated carbocycles. The number of rotatable bonds is 5. The van der Waals surface area contributed by atoms with Gasteiger partial charge in [0.2, 0.25) is 0 Å². The van der Waals surface area contributed by atoms with Gasteiger partial charge in [0.1, 0.15) is 23.1 Å². The van der Waals surface area contributed by atoms with Gasteiger partial charge in [0.05, 0.1) is 6.10 Å². The molecule has 8 heteroatoms. The molecule has 2 unspecified atom stereocenters. The summed E-state index contributed by atoms with van der Waals surface area (Å²) in [7, 11) is 0. The van der Waals surface area contributed by atoms with Crippen LogP contribution in [0.3, 0.4) is 0 Å². The number of carbonyl (C=O) groups is 4. The zero-order valence-electron chi connectivity index (χ0n) is 25.3. The Morgan fingerprint density at radius 1 is 1.05 bits per heavy atom. The van der Waals surface area contributed by atoms with Gasteiger partial charge in [-0.1, -0.05) is 46.3 Å². The minimum Gasteiger partial charge on any atom is -0.456 e. The van der Waals surface area contributed by atoms with Crippen LogP contribution in [-0.2, 0) is 23.9 Å². The van der Waals surface area contributed by atoms with E-state index in [1.54, 1.807) is 13.8 Å². The van der Waals surface area contributed by atoms with E-state index in [0.29, 0.717) is 12.8 Å². The lowest BCUT2D eigenvalue weighted by Gasteiger charge is -2.64. The maximum absolute atomic E-state index is 14.3. The van der Waals surface area contributed by atoms with Gasteiger partial charge in [-0.15, -0.1) is 0 Å². The number of esters is 1. The molecule has 0 aromatic carbocycles. The van der Waals surface area contributed by atoms with Crippen LogP contribution < -0.4 is 0 Å². The third-order valence-electron chi connectivity index (χ3n) is 11.6. The SMILES string of the molecule is CC(=O)OC(C)(C)C=CC(=O)C(C)(O)[C@H]1[C@@H](O)C[C@@]2(C)[C@@H]3CC=C4[C@@H](CC(=O)C(O)C4(C)C)[C@]3(C)C(=O)C[C@]12C. The van der Waals surface area contributed by atoms with E-state index >= 15 is 0 Å². The van der Waals surface area contributed by atoms with Crippen LogP contribution in [0.25, 0.3) is 0 Å². The van der Waals surface area contributed by atoms with Crippen molar-refractivity contribution in [1.29, 1.82) is 0 Å². The van der Waals surface area contributed by atoms with Gasteiger partial charge in [-0.25, -0.2) is 0 Å². The normalized spacial score (nSPS) is 42.4. The number of hydrogen-bond donors (Lipinski definition) is 3. The summed E-state index contributed by atoms with van der Waals surface area (Å²) < 4.78 is 5.23. The van der Waals surface area contributed by atoms with Crippen LogP contribution in [0.5, 0.6) is 0 Å². The Hall–Kier alpha value is -2.16. The monoisotopic (exact) mass is 558 g/mol. The summed E-state index contributed by atoms with van der Waals surface area (Å²) in [5.74, 6) is -2.96. The quantitative estimate of drug-likeness (QED) is 0.265. The Morgan fingerprint density at radius 3 is 2.23 bits per heavy atom. The van der Waals surface area contributed by atoms with E-state index in [-0.39, 0.29) is 36.2 Å². The van der Waals surface area contributed by atoms with Crippen LogP contribution in [0.1, 0.15) is 88.0 Å².